The highest BCUT2D eigenvalue weighted by molar-refractivity contribution is 5.84. The second-order valence-electron chi connectivity index (χ2n) is 4.91. The van der Waals surface area contributed by atoms with Gasteiger partial charge < -0.3 is 20.1 Å². The van der Waals surface area contributed by atoms with Gasteiger partial charge in [0.1, 0.15) is 6.04 Å². The normalized spacial score (nSPS) is 19.5. The number of nitrogens with one attached hydrogen (secondary N) is 1. The Bertz CT molecular complexity index is 372. The van der Waals surface area contributed by atoms with Gasteiger partial charge in [-0.3, -0.25) is 4.79 Å². The second kappa shape index (κ2) is 7.72. The highest BCUT2D eigenvalue weighted by atomic mass is 16.5. The number of carboxylic acids is 1. The number of carbonyl (C=O) groups excluding carboxylic acids is 2. The van der Waals surface area contributed by atoms with E-state index in [9.17, 15) is 14.4 Å². The van der Waals surface area contributed by atoms with Crippen LogP contribution in [0.2, 0.25) is 0 Å². The van der Waals surface area contributed by atoms with Crippen molar-refractivity contribution in [3.05, 3.63) is 0 Å². The maximum Gasteiger partial charge on any atom is 0.328 e. The molecule has 1 aliphatic heterocycles. The molecule has 2 unspecified atom stereocenters. The minimum atomic E-state index is -0.949. The first-order valence-electron chi connectivity index (χ1n) is 6.86. The van der Waals surface area contributed by atoms with E-state index >= 15 is 0 Å². The van der Waals surface area contributed by atoms with Crippen molar-refractivity contribution in [1.29, 1.82) is 0 Å². The lowest BCUT2D eigenvalue weighted by atomic mass is 10.1. The van der Waals surface area contributed by atoms with Gasteiger partial charge >= 0.3 is 18.0 Å². The third kappa shape index (κ3) is 4.40. The van der Waals surface area contributed by atoms with Gasteiger partial charge in [-0.1, -0.05) is 13.3 Å². The van der Waals surface area contributed by atoms with E-state index in [1.54, 1.807) is 0 Å². The van der Waals surface area contributed by atoms with E-state index in [0.29, 0.717) is 19.4 Å². The Kier molecular flexibility index (Phi) is 6.27. The third-order valence-corrected chi connectivity index (χ3v) is 3.37. The number of hydrogen-bond acceptors (Lipinski definition) is 4. The number of ether oxygens (including phenoxy) is 1. The SMILES string of the molecule is CCCC(CC(=O)O)NC(=O)N1CCCC1C(=O)OC. The maximum atomic E-state index is 12.2. The maximum absolute atomic E-state index is 12.2. The molecule has 0 aliphatic carbocycles. The largest absolute Gasteiger partial charge is 0.481 e. The molecule has 7 heteroatoms. The molecule has 0 saturated carbocycles. The Labute approximate surface area is 118 Å². The quantitative estimate of drug-likeness (QED) is 0.709. The zero-order valence-electron chi connectivity index (χ0n) is 11.9. The average Bonchev–Trinajstić information content (AvgIpc) is 2.86. The molecular weight excluding hydrogens is 264 g/mol. The molecule has 0 aromatic rings. The molecule has 0 bridgehead atoms. The molecule has 0 spiro atoms. The summed E-state index contributed by atoms with van der Waals surface area (Å²) in [7, 11) is 1.29. The third-order valence-electron chi connectivity index (χ3n) is 3.37. The zero-order valence-corrected chi connectivity index (χ0v) is 11.9. The first kappa shape index (κ1) is 16.3. The van der Waals surface area contributed by atoms with Crippen LogP contribution in [0, 0.1) is 0 Å². The summed E-state index contributed by atoms with van der Waals surface area (Å²) in [6, 6.07) is -1.37. The van der Waals surface area contributed by atoms with Gasteiger partial charge in [0.15, 0.2) is 0 Å². The van der Waals surface area contributed by atoms with Gasteiger partial charge in [0.2, 0.25) is 0 Å². The van der Waals surface area contributed by atoms with E-state index in [0.717, 1.165) is 12.8 Å². The van der Waals surface area contributed by atoms with E-state index in [2.05, 4.69) is 10.1 Å². The highest BCUT2D eigenvalue weighted by Crippen LogP contribution is 2.18. The van der Waals surface area contributed by atoms with Crippen molar-refractivity contribution in [3.63, 3.8) is 0 Å². The van der Waals surface area contributed by atoms with Crippen molar-refractivity contribution in [3.8, 4) is 0 Å². The number of likely N-dealkylation sites (tertiary alicyclic amines) is 1. The summed E-state index contributed by atoms with van der Waals surface area (Å²) < 4.78 is 4.68. The lowest BCUT2D eigenvalue weighted by Gasteiger charge is -2.26. The Hall–Kier alpha value is -1.79. The molecule has 0 radical (unpaired) electrons. The predicted molar refractivity (Wildman–Crippen MR) is 71.2 cm³/mol. The summed E-state index contributed by atoms with van der Waals surface area (Å²) in [4.78, 5) is 35.9. The molecule has 1 fully saturated rings. The van der Waals surface area contributed by atoms with Crippen LogP contribution in [-0.4, -0.2) is 53.7 Å². The molecule has 1 rings (SSSR count). The summed E-state index contributed by atoms with van der Waals surface area (Å²) in [6.07, 6.45) is 2.58. The molecule has 2 atom stereocenters. The molecule has 2 N–H and O–H groups in total. The first-order valence-corrected chi connectivity index (χ1v) is 6.86. The van der Waals surface area contributed by atoms with E-state index < -0.39 is 30.1 Å². The number of urea groups is 1. The van der Waals surface area contributed by atoms with Gasteiger partial charge in [-0.05, 0) is 19.3 Å². The van der Waals surface area contributed by atoms with E-state index in [4.69, 9.17) is 5.11 Å². The zero-order chi connectivity index (χ0) is 15.1. The molecule has 1 heterocycles. The monoisotopic (exact) mass is 286 g/mol. The van der Waals surface area contributed by atoms with Crippen LogP contribution in [0.1, 0.15) is 39.0 Å². The van der Waals surface area contributed by atoms with Crippen molar-refractivity contribution in [2.45, 2.75) is 51.1 Å². The Morgan fingerprint density at radius 1 is 1.45 bits per heavy atom. The molecule has 0 aromatic heterocycles. The minimum Gasteiger partial charge on any atom is -0.481 e. The number of rotatable bonds is 6. The number of methoxy groups -OCH3 is 1. The Balaban J connectivity index is 2.62. The molecule has 7 nitrogen and oxygen atoms in total. The molecule has 1 saturated heterocycles. The number of carbonyl (C=O) groups is 3. The fourth-order valence-electron chi connectivity index (χ4n) is 2.43. The van der Waals surface area contributed by atoms with Crippen LogP contribution < -0.4 is 5.32 Å². The van der Waals surface area contributed by atoms with Crippen molar-refractivity contribution >= 4 is 18.0 Å². The van der Waals surface area contributed by atoms with Crippen LogP contribution in [0.25, 0.3) is 0 Å². The molecule has 2 amide bonds. The molecular formula is C13H22N2O5. The van der Waals surface area contributed by atoms with Gasteiger partial charge in [0, 0.05) is 12.6 Å². The number of nitrogens with zero attached hydrogens (tertiary/aromatic N) is 1. The van der Waals surface area contributed by atoms with Crippen LogP contribution >= 0.6 is 0 Å². The average molecular weight is 286 g/mol. The molecule has 0 aromatic carbocycles. The summed E-state index contributed by atoms with van der Waals surface area (Å²) in [5, 5.41) is 11.5. The van der Waals surface area contributed by atoms with E-state index in [1.807, 2.05) is 6.92 Å². The number of hydrogen-bond donors (Lipinski definition) is 2. The van der Waals surface area contributed by atoms with Crippen LogP contribution in [0.15, 0.2) is 0 Å². The lowest BCUT2D eigenvalue weighted by Crippen LogP contribution is -2.49. The Morgan fingerprint density at radius 2 is 2.15 bits per heavy atom. The van der Waals surface area contributed by atoms with Crippen LogP contribution in [0.4, 0.5) is 4.79 Å². The second-order valence-corrected chi connectivity index (χ2v) is 4.91. The van der Waals surface area contributed by atoms with Gasteiger partial charge in [-0.25, -0.2) is 9.59 Å². The van der Waals surface area contributed by atoms with Crippen molar-refractivity contribution < 1.29 is 24.2 Å². The molecule has 20 heavy (non-hydrogen) atoms. The lowest BCUT2D eigenvalue weighted by molar-refractivity contribution is -0.145. The van der Waals surface area contributed by atoms with Crippen molar-refractivity contribution in [1.82, 2.24) is 10.2 Å². The fourth-order valence-corrected chi connectivity index (χ4v) is 2.43. The molecule has 114 valence electrons. The van der Waals surface area contributed by atoms with Crippen molar-refractivity contribution in [2.24, 2.45) is 0 Å². The number of aliphatic carboxylic acids is 1. The van der Waals surface area contributed by atoms with Crippen molar-refractivity contribution in [2.75, 3.05) is 13.7 Å². The van der Waals surface area contributed by atoms with E-state index in [1.165, 1.54) is 12.0 Å². The van der Waals surface area contributed by atoms with Gasteiger partial charge in [0.05, 0.1) is 13.5 Å². The summed E-state index contributed by atoms with van der Waals surface area (Å²) in [5.41, 5.74) is 0. The van der Waals surface area contributed by atoms with Crippen LogP contribution in [-0.2, 0) is 14.3 Å². The van der Waals surface area contributed by atoms with Crippen LogP contribution in [0.5, 0.6) is 0 Å². The molecule has 1 aliphatic rings. The minimum absolute atomic E-state index is 0.115. The topological polar surface area (TPSA) is 95.9 Å². The standard InChI is InChI=1S/C13H22N2O5/c1-3-5-9(8-11(16)17)14-13(19)15-7-4-6-10(15)12(18)20-2/h9-10H,3-8H2,1-2H3,(H,14,19)(H,16,17). The summed E-state index contributed by atoms with van der Waals surface area (Å²) in [5.74, 6) is -1.38. The fraction of sp³-hybridized carbons (Fsp3) is 0.769. The van der Waals surface area contributed by atoms with Gasteiger partial charge in [-0.15, -0.1) is 0 Å². The smallest absolute Gasteiger partial charge is 0.328 e. The Morgan fingerprint density at radius 3 is 2.70 bits per heavy atom. The summed E-state index contributed by atoms with van der Waals surface area (Å²) >= 11 is 0. The number of esters is 1. The summed E-state index contributed by atoms with van der Waals surface area (Å²) in [6.45, 7) is 2.41. The number of amides is 2. The van der Waals surface area contributed by atoms with Gasteiger partial charge in [0.25, 0.3) is 0 Å². The predicted octanol–water partition coefficient (Wildman–Crippen LogP) is 0.977. The first-order chi connectivity index (χ1) is 9.49. The highest BCUT2D eigenvalue weighted by Gasteiger charge is 2.35. The number of carboxylic acid groups (broad SMARTS) is 1. The van der Waals surface area contributed by atoms with Gasteiger partial charge in [-0.2, -0.15) is 0 Å². The van der Waals surface area contributed by atoms with E-state index in [-0.39, 0.29) is 6.42 Å². The van der Waals surface area contributed by atoms with Crippen LogP contribution in [0.3, 0.4) is 0 Å².